The van der Waals surface area contributed by atoms with Crippen LogP contribution in [0.5, 0.6) is 0 Å². The maximum atomic E-state index is 10.9. The summed E-state index contributed by atoms with van der Waals surface area (Å²) in [6.07, 6.45) is 4.74. The number of hydrogen-bond donors (Lipinski definition) is 1. The maximum Gasteiger partial charge on any atom is 0.323 e. The summed E-state index contributed by atoms with van der Waals surface area (Å²) in [5.41, 5.74) is 0. The van der Waals surface area contributed by atoms with Gasteiger partial charge in [-0.3, -0.25) is 9.69 Å². The molecule has 1 saturated heterocycles. The molecule has 0 bridgehead atoms. The van der Waals surface area contributed by atoms with Crippen molar-refractivity contribution in [3.63, 3.8) is 0 Å². The van der Waals surface area contributed by atoms with Gasteiger partial charge >= 0.3 is 5.97 Å². The van der Waals surface area contributed by atoms with Crippen molar-refractivity contribution in [1.29, 1.82) is 0 Å². The molecule has 1 fully saturated rings. The van der Waals surface area contributed by atoms with Gasteiger partial charge in [0.1, 0.15) is 6.04 Å². The third-order valence-electron chi connectivity index (χ3n) is 2.82. The Kier molecular flexibility index (Phi) is 5.65. The van der Waals surface area contributed by atoms with Crippen LogP contribution in [0.4, 0.5) is 0 Å². The molecule has 1 aliphatic rings. The Morgan fingerprint density at radius 2 is 2.27 bits per heavy atom. The molecular weight excluding hydrogens is 194 g/mol. The van der Waals surface area contributed by atoms with Crippen LogP contribution in [0.15, 0.2) is 0 Å². The molecule has 15 heavy (non-hydrogen) atoms. The highest BCUT2D eigenvalue weighted by atomic mass is 16.5. The van der Waals surface area contributed by atoms with Crippen LogP contribution in [-0.4, -0.2) is 48.3 Å². The number of ether oxygens (including phenoxy) is 1. The number of nitrogens with zero attached hydrogens (tertiary/aromatic N) is 1. The van der Waals surface area contributed by atoms with E-state index in [4.69, 9.17) is 9.84 Å². The summed E-state index contributed by atoms with van der Waals surface area (Å²) in [5.74, 6) is -0.759. The SMILES string of the molecule is CCCCCCN1CCOCC1C(=O)O. The first kappa shape index (κ1) is 12.5. The molecule has 0 aromatic carbocycles. The van der Waals surface area contributed by atoms with Gasteiger partial charge in [0.25, 0.3) is 0 Å². The molecule has 0 amide bonds. The minimum Gasteiger partial charge on any atom is -0.480 e. The Bertz CT molecular complexity index is 196. The lowest BCUT2D eigenvalue weighted by molar-refractivity contribution is -0.149. The number of unbranched alkanes of at least 4 members (excludes halogenated alkanes) is 3. The van der Waals surface area contributed by atoms with Crippen molar-refractivity contribution < 1.29 is 14.6 Å². The molecule has 0 aromatic heterocycles. The predicted octanol–water partition coefficient (Wildman–Crippen LogP) is 1.35. The summed E-state index contributed by atoms with van der Waals surface area (Å²) in [7, 11) is 0. The molecule has 4 nitrogen and oxygen atoms in total. The first-order valence-corrected chi connectivity index (χ1v) is 5.80. The lowest BCUT2D eigenvalue weighted by Gasteiger charge is -2.32. The van der Waals surface area contributed by atoms with E-state index >= 15 is 0 Å². The zero-order chi connectivity index (χ0) is 11.1. The number of aliphatic carboxylic acids is 1. The molecule has 1 aliphatic heterocycles. The van der Waals surface area contributed by atoms with Crippen molar-refractivity contribution in [1.82, 2.24) is 4.90 Å². The Morgan fingerprint density at radius 1 is 1.47 bits per heavy atom. The van der Waals surface area contributed by atoms with Crippen LogP contribution in [0.25, 0.3) is 0 Å². The summed E-state index contributed by atoms with van der Waals surface area (Å²) < 4.78 is 5.18. The van der Waals surface area contributed by atoms with Crippen molar-refractivity contribution in [3.8, 4) is 0 Å². The summed E-state index contributed by atoms with van der Waals surface area (Å²) >= 11 is 0. The van der Waals surface area contributed by atoms with Crippen molar-refractivity contribution in [2.45, 2.75) is 38.6 Å². The highest BCUT2D eigenvalue weighted by Crippen LogP contribution is 2.09. The summed E-state index contributed by atoms with van der Waals surface area (Å²) in [6, 6.07) is -0.430. The van der Waals surface area contributed by atoms with E-state index in [1.165, 1.54) is 19.3 Å². The van der Waals surface area contributed by atoms with Gasteiger partial charge in [-0.05, 0) is 13.0 Å². The number of carboxylic acids is 1. The topological polar surface area (TPSA) is 49.8 Å². The molecule has 1 N–H and O–H groups in total. The van der Waals surface area contributed by atoms with Gasteiger partial charge in [0.2, 0.25) is 0 Å². The Hall–Kier alpha value is -0.610. The largest absolute Gasteiger partial charge is 0.480 e. The molecule has 0 saturated carbocycles. The fraction of sp³-hybridized carbons (Fsp3) is 0.909. The second kappa shape index (κ2) is 6.80. The molecule has 0 aromatic rings. The second-order valence-electron chi connectivity index (χ2n) is 4.03. The van der Waals surface area contributed by atoms with Gasteiger partial charge in [0, 0.05) is 6.54 Å². The molecule has 4 heteroatoms. The molecular formula is C11H21NO3. The average Bonchev–Trinajstić information content (AvgIpc) is 2.25. The van der Waals surface area contributed by atoms with Crippen LogP contribution in [0, 0.1) is 0 Å². The van der Waals surface area contributed by atoms with Crippen molar-refractivity contribution in [3.05, 3.63) is 0 Å². The quantitative estimate of drug-likeness (QED) is 0.679. The smallest absolute Gasteiger partial charge is 0.323 e. The van der Waals surface area contributed by atoms with E-state index in [1.54, 1.807) is 0 Å². The molecule has 0 aliphatic carbocycles. The molecule has 1 heterocycles. The van der Waals surface area contributed by atoms with E-state index < -0.39 is 12.0 Å². The van der Waals surface area contributed by atoms with Crippen LogP contribution in [0.2, 0.25) is 0 Å². The highest BCUT2D eigenvalue weighted by Gasteiger charge is 2.28. The summed E-state index contributed by atoms with van der Waals surface area (Å²) in [5, 5.41) is 8.99. The number of hydrogen-bond acceptors (Lipinski definition) is 3. The van der Waals surface area contributed by atoms with Gasteiger partial charge in [-0.2, -0.15) is 0 Å². The summed E-state index contributed by atoms with van der Waals surface area (Å²) in [4.78, 5) is 13.0. The second-order valence-corrected chi connectivity index (χ2v) is 4.03. The fourth-order valence-electron chi connectivity index (χ4n) is 1.87. The monoisotopic (exact) mass is 215 g/mol. The van der Waals surface area contributed by atoms with E-state index in [9.17, 15) is 4.79 Å². The molecule has 1 atom stereocenters. The van der Waals surface area contributed by atoms with E-state index in [0.717, 1.165) is 19.5 Å². The van der Waals surface area contributed by atoms with Crippen LogP contribution >= 0.6 is 0 Å². The molecule has 0 spiro atoms. The first-order valence-electron chi connectivity index (χ1n) is 5.80. The van der Waals surface area contributed by atoms with Crippen LogP contribution in [0.1, 0.15) is 32.6 Å². The van der Waals surface area contributed by atoms with Gasteiger partial charge in [0.05, 0.1) is 13.2 Å². The zero-order valence-electron chi connectivity index (χ0n) is 9.45. The van der Waals surface area contributed by atoms with E-state index in [1.807, 2.05) is 4.90 Å². The number of morpholine rings is 1. The van der Waals surface area contributed by atoms with Crippen molar-refractivity contribution >= 4 is 5.97 Å². The standard InChI is InChI=1S/C11H21NO3/c1-2-3-4-5-6-12-7-8-15-9-10(12)11(13)14/h10H,2-9H2,1H3,(H,13,14). The number of carboxylic acid groups (broad SMARTS) is 1. The number of carbonyl (C=O) groups is 1. The van der Waals surface area contributed by atoms with Crippen LogP contribution < -0.4 is 0 Å². The highest BCUT2D eigenvalue weighted by molar-refractivity contribution is 5.73. The van der Waals surface area contributed by atoms with E-state index in [0.29, 0.717) is 13.2 Å². The van der Waals surface area contributed by atoms with Gasteiger partial charge < -0.3 is 9.84 Å². The van der Waals surface area contributed by atoms with Crippen LogP contribution in [0.3, 0.4) is 0 Å². The predicted molar refractivity (Wildman–Crippen MR) is 58.0 cm³/mol. The van der Waals surface area contributed by atoms with Gasteiger partial charge in [-0.25, -0.2) is 0 Å². The molecule has 88 valence electrons. The fourth-order valence-corrected chi connectivity index (χ4v) is 1.87. The van der Waals surface area contributed by atoms with Crippen molar-refractivity contribution in [2.75, 3.05) is 26.3 Å². The Balaban J connectivity index is 2.26. The van der Waals surface area contributed by atoms with Gasteiger partial charge in [-0.15, -0.1) is 0 Å². The zero-order valence-corrected chi connectivity index (χ0v) is 9.45. The van der Waals surface area contributed by atoms with E-state index in [2.05, 4.69) is 6.92 Å². The van der Waals surface area contributed by atoms with Crippen LogP contribution in [-0.2, 0) is 9.53 Å². The normalized spacial score (nSPS) is 22.9. The summed E-state index contributed by atoms with van der Waals surface area (Å²) in [6.45, 7) is 4.82. The molecule has 0 radical (unpaired) electrons. The maximum absolute atomic E-state index is 10.9. The Morgan fingerprint density at radius 3 is 2.93 bits per heavy atom. The van der Waals surface area contributed by atoms with Gasteiger partial charge in [0.15, 0.2) is 0 Å². The lowest BCUT2D eigenvalue weighted by atomic mass is 10.1. The Labute approximate surface area is 91.2 Å². The van der Waals surface area contributed by atoms with Gasteiger partial charge in [-0.1, -0.05) is 26.2 Å². The van der Waals surface area contributed by atoms with Crippen molar-refractivity contribution in [2.24, 2.45) is 0 Å². The lowest BCUT2D eigenvalue weighted by Crippen LogP contribution is -2.50. The third-order valence-corrected chi connectivity index (χ3v) is 2.82. The average molecular weight is 215 g/mol. The minimum absolute atomic E-state index is 0.336. The number of rotatable bonds is 6. The van der Waals surface area contributed by atoms with E-state index in [-0.39, 0.29) is 0 Å². The minimum atomic E-state index is -0.759. The molecule has 1 unspecified atom stereocenters. The third kappa shape index (κ3) is 4.18. The molecule has 1 rings (SSSR count). The first-order chi connectivity index (χ1) is 7.25.